The summed E-state index contributed by atoms with van der Waals surface area (Å²) in [6, 6.07) is 9.44. The highest BCUT2D eigenvalue weighted by atomic mass is 35.5. The fourth-order valence-electron chi connectivity index (χ4n) is 2.31. The molecule has 0 aliphatic rings. The Balaban J connectivity index is 1.57. The van der Waals surface area contributed by atoms with Crippen molar-refractivity contribution in [1.29, 1.82) is 0 Å². The average molecular weight is 437 g/mol. The topological polar surface area (TPSA) is 102 Å². The van der Waals surface area contributed by atoms with Crippen molar-refractivity contribution in [2.45, 2.75) is 6.18 Å². The van der Waals surface area contributed by atoms with Gasteiger partial charge in [-0.1, -0.05) is 17.7 Å². The monoisotopic (exact) mass is 436 g/mol. The standard InChI is InChI=1S/C18H12ClF3N6O2/c19-15-7-1-11(9-14(15)18(20,21)22)2-8-16(29)24-25-17(30)12-3-5-13(6-4-12)28-10-23-26-27-28/h1-10H,(H,24,29)(H,25,30)/b8-2+. The molecule has 3 aromatic rings. The van der Waals surface area contributed by atoms with Crippen LogP contribution in [0, 0.1) is 0 Å². The van der Waals surface area contributed by atoms with Gasteiger partial charge in [-0.2, -0.15) is 13.2 Å². The Morgan fingerprint density at radius 2 is 1.80 bits per heavy atom. The Labute approximate surface area is 172 Å². The number of hydrazine groups is 1. The van der Waals surface area contributed by atoms with Crippen molar-refractivity contribution in [3.63, 3.8) is 0 Å². The molecule has 3 rings (SSSR count). The maximum Gasteiger partial charge on any atom is 0.417 e. The smallest absolute Gasteiger partial charge is 0.268 e. The average Bonchev–Trinajstić information content (AvgIpc) is 3.25. The van der Waals surface area contributed by atoms with Gasteiger partial charge in [-0.05, 0) is 58.5 Å². The second-order valence-electron chi connectivity index (χ2n) is 5.82. The molecular formula is C18H12ClF3N6O2. The van der Waals surface area contributed by atoms with Crippen LogP contribution in [0.2, 0.25) is 5.02 Å². The van der Waals surface area contributed by atoms with Crippen molar-refractivity contribution >= 4 is 29.5 Å². The molecule has 2 aromatic carbocycles. The Hall–Kier alpha value is -3.73. The number of nitrogens with one attached hydrogen (secondary N) is 2. The van der Waals surface area contributed by atoms with E-state index in [4.69, 9.17) is 11.6 Å². The van der Waals surface area contributed by atoms with E-state index in [1.807, 2.05) is 0 Å². The molecule has 12 heteroatoms. The van der Waals surface area contributed by atoms with E-state index < -0.39 is 28.6 Å². The Morgan fingerprint density at radius 1 is 1.07 bits per heavy atom. The fourth-order valence-corrected chi connectivity index (χ4v) is 2.54. The maximum atomic E-state index is 12.9. The first-order chi connectivity index (χ1) is 14.2. The molecule has 1 aromatic heterocycles. The minimum absolute atomic E-state index is 0.117. The van der Waals surface area contributed by atoms with Crippen LogP contribution in [0.1, 0.15) is 21.5 Å². The molecule has 0 aliphatic heterocycles. The molecular weight excluding hydrogens is 425 g/mol. The predicted molar refractivity (Wildman–Crippen MR) is 100 cm³/mol. The Morgan fingerprint density at radius 3 is 2.43 bits per heavy atom. The minimum Gasteiger partial charge on any atom is -0.268 e. The fraction of sp³-hybridized carbons (Fsp3) is 0.0556. The molecule has 0 radical (unpaired) electrons. The summed E-state index contributed by atoms with van der Waals surface area (Å²) >= 11 is 5.54. The van der Waals surface area contributed by atoms with Gasteiger partial charge in [0.15, 0.2) is 0 Å². The first-order valence-corrected chi connectivity index (χ1v) is 8.60. The molecule has 0 atom stereocenters. The summed E-state index contributed by atoms with van der Waals surface area (Å²) in [7, 11) is 0. The zero-order valence-electron chi connectivity index (χ0n) is 14.9. The highest BCUT2D eigenvalue weighted by Gasteiger charge is 2.33. The van der Waals surface area contributed by atoms with Crippen LogP contribution < -0.4 is 10.9 Å². The summed E-state index contributed by atoms with van der Waals surface area (Å²) in [6.07, 6.45) is -1.09. The zero-order valence-corrected chi connectivity index (χ0v) is 15.6. The Bertz CT molecular complexity index is 1080. The second kappa shape index (κ2) is 8.74. The lowest BCUT2D eigenvalue weighted by Gasteiger charge is -2.09. The number of hydrogen-bond acceptors (Lipinski definition) is 5. The van der Waals surface area contributed by atoms with Crippen LogP contribution in [-0.2, 0) is 11.0 Å². The van der Waals surface area contributed by atoms with Crippen molar-refractivity contribution in [2.24, 2.45) is 0 Å². The Kier molecular flexibility index (Phi) is 6.11. The SMILES string of the molecule is O=C(/C=C/c1ccc(Cl)c(C(F)(F)F)c1)NNC(=O)c1ccc(-n2cnnn2)cc1. The summed E-state index contributed by atoms with van der Waals surface area (Å²) in [6.45, 7) is 0. The third-order valence-corrected chi connectivity index (χ3v) is 4.09. The predicted octanol–water partition coefficient (Wildman–Crippen LogP) is 2.81. The largest absolute Gasteiger partial charge is 0.417 e. The third kappa shape index (κ3) is 5.20. The number of aromatic nitrogens is 4. The lowest BCUT2D eigenvalue weighted by Crippen LogP contribution is -2.40. The molecule has 2 amide bonds. The minimum atomic E-state index is -4.61. The molecule has 0 fully saturated rings. The molecule has 0 spiro atoms. The number of alkyl halides is 3. The number of tetrazole rings is 1. The quantitative estimate of drug-likeness (QED) is 0.483. The van der Waals surface area contributed by atoms with Gasteiger partial charge in [0, 0.05) is 11.6 Å². The molecule has 154 valence electrons. The molecule has 2 N–H and O–H groups in total. The van der Waals surface area contributed by atoms with Crippen LogP contribution in [0.25, 0.3) is 11.8 Å². The van der Waals surface area contributed by atoms with Crippen molar-refractivity contribution in [1.82, 2.24) is 31.1 Å². The molecule has 1 heterocycles. The normalized spacial score (nSPS) is 11.5. The number of carbonyl (C=O) groups excluding carboxylic acids is 2. The van der Waals surface area contributed by atoms with Crippen LogP contribution in [-0.4, -0.2) is 32.0 Å². The third-order valence-electron chi connectivity index (χ3n) is 3.77. The van der Waals surface area contributed by atoms with E-state index in [0.29, 0.717) is 5.69 Å². The van der Waals surface area contributed by atoms with Gasteiger partial charge in [0.2, 0.25) is 0 Å². The van der Waals surface area contributed by atoms with E-state index in [0.717, 1.165) is 24.3 Å². The summed E-state index contributed by atoms with van der Waals surface area (Å²) in [5, 5.41) is 10.3. The van der Waals surface area contributed by atoms with Gasteiger partial charge in [0.1, 0.15) is 6.33 Å². The number of rotatable bonds is 4. The van der Waals surface area contributed by atoms with Gasteiger partial charge >= 0.3 is 6.18 Å². The molecule has 30 heavy (non-hydrogen) atoms. The van der Waals surface area contributed by atoms with Crippen LogP contribution in [0.5, 0.6) is 0 Å². The highest BCUT2D eigenvalue weighted by molar-refractivity contribution is 6.31. The van der Waals surface area contributed by atoms with Gasteiger partial charge in [0.25, 0.3) is 11.8 Å². The number of carbonyl (C=O) groups is 2. The zero-order chi connectivity index (χ0) is 21.7. The lowest BCUT2D eigenvalue weighted by molar-refractivity contribution is -0.137. The molecule has 0 unspecified atom stereocenters. The van der Waals surface area contributed by atoms with Crippen LogP contribution in [0.3, 0.4) is 0 Å². The number of hydrogen-bond donors (Lipinski definition) is 2. The van der Waals surface area contributed by atoms with Gasteiger partial charge < -0.3 is 0 Å². The van der Waals surface area contributed by atoms with Gasteiger partial charge in [-0.15, -0.1) is 5.10 Å². The molecule has 0 aliphatic carbocycles. The van der Waals surface area contributed by atoms with Gasteiger partial charge in [-0.3, -0.25) is 20.4 Å². The number of benzene rings is 2. The van der Waals surface area contributed by atoms with E-state index in [2.05, 4.69) is 26.4 Å². The van der Waals surface area contributed by atoms with Gasteiger partial charge in [0.05, 0.1) is 16.3 Å². The highest BCUT2D eigenvalue weighted by Crippen LogP contribution is 2.35. The first-order valence-electron chi connectivity index (χ1n) is 8.22. The van der Waals surface area contributed by atoms with E-state index in [1.54, 1.807) is 12.1 Å². The summed E-state index contributed by atoms with van der Waals surface area (Å²) in [4.78, 5) is 23.9. The van der Waals surface area contributed by atoms with Crippen molar-refractivity contribution in [3.8, 4) is 5.69 Å². The number of nitrogens with zero attached hydrogens (tertiary/aromatic N) is 4. The second-order valence-corrected chi connectivity index (χ2v) is 6.22. The number of amides is 2. The van der Waals surface area contributed by atoms with Crippen molar-refractivity contribution < 1.29 is 22.8 Å². The van der Waals surface area contributed by atoms with E-state index in [1.165, 1.54) is 29.2 Å². The maximum absolute atomic E-state index is 12.9. The van der Waals surface area contributed by atoms with Crippen molar-refractivity contribution in [2.75, 3.05) is 0 Å². The lowest BCUT2D eigenvalue weighted by atomic mass is 10.1. The van der Waals surface area contributed by atoms with Crippen molar-refractivity contribution in [3.05, 3.63) is 76.6 Å². The first kappa shape index (κ1) is 21.0. The summed E-state index contributed by atoms with van der Waals surface area (Å²) < 4.78 is 40.0. The summed E-state index contributed by atoms with van der Waals surface area (Å²) in [5.74, 6) is -1.33. The molecule has 0 bridgehead atoms. The van der Waals surface area contributed by atoms with Crippen LogP contribution in [0.4, 0.5) is 13.2 Å². The summed E-state index contributed by atoms with van der Waals surface area (Å²) in [5.41, 5.74) is 4.33. The van der Waals surface area contributed by atoms with Gasteiger partial charge in [-0.25, -0.2) is 4.68 Å². The molecule has 0 saturated heterocycles. The molecule has 8 nitrogen and oxygen atoms in total. The van der Waals surface area contributed by atoms with Crippen LogP contribution in [0.15, 0.2) is 54.9 Å². The van der Waals surface area contributed by atoms with E-state index in [9.17, 15) is 22.8 Å². The molecule has 0 saturated carbocycles. The van der Waals surface area contributed by atoms with E-state index in [-0.39, 0.29) is 11.1 Å². The number of halogens is 4. The van der Waals surface area contributed by atoms with Crippen LogP contribution >= 0.6 is 11.6 Å². The van der Waals surface area contributed by atoms with E-state index >= 15 is 0 Å².